The molecule has 1 aromatic rings. The molecule has 1 aromatic carbocycles. The number of aliphatic hydroxyl groups excluding tert-OH is 1. The second-order valence-corrected chi connectivity index (χ2v) is 3.29. The number of rotatable bonds is 5. The van der Waals surface area contributed by atoms with Gasteiger partial charge in [0.05, 0.1) is 0 Å². The first kappa shape index (κ1) is 13.1. The highest BCUT2D eigenvalue weighted by Gasteiger charge is 2.32. The minimum atomic E-state index is -1.77. The first-order valence-corrected chi connectivity index (χ1v) is 4.86. The lowest BCUT2D eigenvalue weighted by atomic mass is 10.2. The second kappa shape index (κ2) is 5.97. The Bertz CT molecular complexity index is 392. The van der Waals surface area contributed by atoms with Gasteiger partial charge in [-0.2, -0.15) is 0 Å². The van der Waals surface area contributed by atoms with E-state index in [0.717, 1.165) is 7.11 Å². The van der Waals surface area contributed by atoms with Crippen molar-refractivity contribution in [1.29, 1.82) is 0 Å². The van der Waals surface area contributed by atoms with Crippen LogP contribution in [0.1, 0.15) is 0 Å². The highest BCUT2D eigenvalue weighted by molar-refractivity contribution is 5.97. The molecule has 0 aliphatic carbocycles. The molecule has 0 aliphatic rings. The Hall–Kier alpha value is -1.92. The molecule has 0 saturated heterocycles. The summed E-state index contributed by atoms with van der Waals surface area (Å²) in [4.78, 5) is 22.2. The molecule has 0 spiro atoms. The Balaban J connectivity index is 2.67. The second-order valence-electron chi connectivity index (χ2n) is 3.29. The lowest BCUT2D eigenvalue weighted by Gasteiger charge is -2.17. The van der Waals surface area contributed by atoms with Gasteiger partial charge in [0.1, 0.15) is 0 Å². The van der Waals surface area contributed by atoms with Gasteiger partial charge in [-0.3, -0.25) is 4.79 Å². The van der Waals surface area contributed by atoms with Gasteiger partial charge in [0.15, 0.2) is 12.2 Å². The van der Waals surface area contributed by atoms with Crippen molar-refractivity contribution in [3.8, 4) is 0 Å². The van der Waals surface area contributed by atoms with Crippen LogP contribution in [0.25, 0.3) is 0 Å². The number of methoxy groups -OCH3 is 1. The van der Waals surface area contributed by atoms with Crippen LogP contribution < -0.4 is 5.32 Å². The fourth-order valence-corrected chi connectivity index (χ4v) is 1.24. The smallest absolute Gasteiger partial charge is 0.336 e. The Kier molecular flexibility index (Phi) is 4.62. The molecule has 2 atom stereocenters. The molecule has 0 aliphatic heterocycles. The van der Waals surface area contributed by atoms with Crippen molar-refractivity contribution >= 4 is 17.6 Å². The van der Waals surface area contributed by atoms with Crippen molar-refractivity contribution in [2.24, 2.45) is 0 Å². The highest BCUT2D eigenvalue weighted by atomic mass is 16.5. The van der Waals surface area contributed by atoms with Crippen LogP contribution in [0.3, 0.4) is 0 Å². The summed E-state index contributed by atoms with van der Waals surface area (Å²) < 4.78 is 4.52. The molecule has 0 heterocycles. The fraction of sp³-hybridized carbons (Fsp3) is 0.273. The van der Waals surface area contributed by atoms with E-state index < -0.39 is 24.1 Å². The minimum absolute atomic E-state index is 0.469. The first-order valence-electron chi connectivity index (χ1n) is 4.86. The molecular formula is C11H13NO5. The van der Waals surface area contributed by atoms with Crippen molar-refractivity contribution < 1.29 is 24.5 Å². The van der Waals surface area contributed by atoms with E-state index in [1.807, 2.05) is 0 Å². The van der Waals surface area contributed by atoms with Crippen molar-refractivity contribution in [1.82, 2.24) is 0 Å². The zero-order chi connectivity index (χ0) is 12.8. The number of carbonyl (C=O) groups excluding carboxylic acids is 1. The quantitative estimate of drug-likeness (QED) is 0.676. The molecule has 0 fully saturated rings. The number of para-hydroxylation sites is 1. The monoisotopic (exact) mass is 239 g/mol. The number of carboxylic acids is 1. The summed E-state index contributed by atoms with van der Waals surface area (Å²) in [5.74, 6) is -2.23. The number of hydrogen-bond acceptors (Lipinski definition) is 4. The van der Waals surface area contributed by atoms with E-state index in [9.17, 15) is 14.7 Å². The largest absolute Gasteiger partial charge is 0.479 e. The number of aliphatic carboxylic acids is 1. The molecule has 0 saturated carbocycles. The Labute approximate surface area is 97.8 Å². The number of aliphatic hydroxyl groups is 1. The van der Waals surface area contributed by atoms with Gasteiger partial charge in [-0.1, -0.05) is 18.2 Å². The molecule has 0 radical (unpaired) electrons. The lowest BCUT2D eigenvalue weighted by molar-refractivity contribution is -0.159. The van der Waals surface area contributed by atoms with Gasteiger partial charge in [-0.15, -0.1) is 0 Å². The normalized spacial score (nSPS) is 13.8. The number of carbonyl (C=O) groups is 2. The number of benzene rings is 1. The van der Waals surface area contributed by atoms with E-state index >= 15 is 0 Å². The maximum absolute atomic E-state index is 11.5. The Morgan fingerprint density at radius 3 is 2.35 bits per heavy atom. The van der Waals surface area contributed by atoms with Gasteiger partial charge in [-0.05, 0) is 12.1 Å². The third kappa shape index (κ3) is 3.54. The predicted molar refractivity (Wildman–Crippen MR) is 59.5 cm³/mol. The molecule has 6 nitrogen and oxygen atoms in total. The summed E-state index contributed by atoms with van der Waals surface area (Å²) in [6.07, 6.45) is -3.35. The fourth-order valence-electron chi connectivity index (χ4n) is 1.24. The van der Waals surface area contributed by atoms with E-state index in [1.54, 1.807) is 30.3 Å². The summed E-state index contributed by atoms with van der Waals surface area (Å²) >= 11 is 0. The van der Waals surface area contributed by atoms with Crippen LogP contribution in [0.5, 0.6) is 0 Å². The Morgan fingerprint density at radius 1 is 1.29 bits per heavy atom. The molecule has 0 aromatic heterocycles. The van der Waals surface area contributed by atoms with E-state index in [4.69, 9.17) is 5.11 Å². The molecule has 0 bridgehead atoms. The summed E-state index contributed by atoms with van der Waals surface area (Å²) in [5.41, 5.74) is 0.469. The van der Waals surface area contributed by atoms with Crippen LogP contribution in [0, 0.1) is 0 Å². The number of ether oxygens (including phenoxy) is 1. The minimum Gasteiger partial charge on any atom is -0.479 e. The van der Waals surface area contributed by atoms with Crippen LogP contribution in [0.15, 0.2) is 30.3 Å². The highest BCUT2D eigenvalue weighted by Crippen LogP contribution is 2.07. The summed E-state index contributed by atoms with van der Waals surface area (Å²) in [6.45, 7) is 0. The van der Waals surface area contributed by atoms with Crippen LogP contribution in [0.2, 0.25) is 0 Å². The SMILES string of the molecule is COC(C(=O)O)C(O)C(=O)Nc1ccccc1. The van der Waals surface area contributed by atoms with Crippen molar-refractivity contribution in [2.75, 3.05) is 12.4 Å². The predicted octanol–water partition coefficient (Wildman–Crippen LogP) is 0.0856. The Morgan fingerprint density at radius 2 is 1.88 bits per heavy atom. The summed E-state index contributed by atoms with van der Waals surface area (Å²) in [5, 5.41) is 20.6. The third-order valence-corrected chi connectivity index (χ3v) is 2.09. The molecule has 1 amide bonds. The van der Waals surface area contributed by atoms with Crippen LogP contribution in [-0.2, 0) is 14.3 Å². The average Bonchev–Trinajstić information content (AvgIpc) is 2.30. The van der Waals surface area contributed by atoms with Crippen molar-refractivity contribution in [2.45, 2.75) is 12.2 Å². The molecular weight excluding hydrogens is 226 g/mol. The molecule has 92 valence electrons. The lowest BCUT2D eigenvalue weighted by Crippen LogP contribution is -2.43. The van der Waals surface area contributed by atoms with Crippen LogP contribution in [-0.4, -0.2) is 41.4 Å². The van der Waals surface area contributed by atoms with Crippen molar-refractivity contribution in [3.63, 3.8) is 0 Å². The molecule has 1 rings (SSSR count). The number of carboxylic acid groups (broad SMARTS) is 1. The van der Waals surface area contributed by atoms with Gasteiger partial charge >= 0.3 is 5.97 Å². The summed E-state index contributed by atoms with van der Waals surface area (Å²) in [6, 6.07) is 8.40. The van der Waals surface area contributed by atoms with Crippen molar-refractivity contribution in [3.05, 3.63) is 30.3 Å². The average molecular weight is 239 g/mol. The van der Waals surface area contributed by atoms with Crippen LogP contribution >= 0.6 is 0 Å². The van der Waals surface area contributed by atoms with Crippen LogP contribution in [0.4, 0.5) is 5.69 Å². The zero-order valence-electron chi connectivity index (χ0n) is 9.16. The van der Waals surface area contributed by atoms with E-state index in [2.05, 4.69) is 10.1 Å². The summed E-state index contributed by atoms with van der Waals surface area (Å²) in [7, 11) is 1.11. The van der Waals surface area contributed by atoms with Gasteiger partial charge in [0.25, 0.3) is 5.91 Å². The zero-order valence-corrected chi connectivity index (χ0v) is 9.16. The number of hydrogen-bond donors (Lipinski definition) is 3. The maximum atomic E-state index is 11.5. The molecule has 2 unspecified atom stereocenters. The topological polar surface area (TPSA) is 95.9 Å². The van der Waals surface area contributed by atoms with E-state index in [0.29, 0.717) is 5.69 Å². The van der Waals surface area contributed by atoms with Gasteiger partial charge in [0, 0.05) is 12.8 Å². The molecule has 6 heteroatoms. The standard InChI is InChI=1S/C11H13NO5/c1-17-9(11(15)16)8(13)10(14)12-7-5-3-2-4-6-7/h2-6,8-9,13H,1H3,(H,12,14)(H,15,16). The molecule has 17 heavy (non-hydrogen) atoms. The van der Waals surface area contributed by atoms with Gasteiger partial charge in [0.2, 0.25) is 0 Å². The van der Waals surface area contributed by atoms with Gasteiger partial charge in [-0.25, -0.2) is 4.79 Å². The van der Waals surface area contributed by atoms with E-state index in [1.165, 1.54) is 0 Å². The first-order chi connectivity index (χ1) is 8.06. The number of amides is 1. The molecule has 3 N–H and O–H groups in total. The number of anilines is 1. The number of nitrogens with one attached hydrogen (secondary N) is 1. The van der Waals surface area contributed by atoms with E-state index in [-0.39, 0.29) is 0 Å². The third-order valence-electron chi connectivity index (χ3n) is 2.09. The van der Waals surface area contributed by atoms with Gasteiger partial charge < -0.3 is 20.3 Å². The maximum Gasteiger partial charge on any atom is 0.336 e.